The van der Waals surface area contributed by atoms with Crippen LogP contribution in [-0.2, 0) is 35.6 Å². The van der Waals surface area contributed by atoms with Gasteiger partial charge in [-0.3, -0.25) is 19.4 Å². The van der Waals surface area contributed by atoms with E-state index in [1.165, 1.54) is 34.9 Å². The average molecular weight is 831 g/mol. The minimum atomic E-state index is -4.39. The molecule has 2 N–H and O–H groups in total. The van der Waals surface area contributed by atoms with Gasteiger partial charge in [0.25, 0.3) is 5.91 Å². The highest BCUT2D eigenvalue weighted by Crippen LogP contribution is 2.27. The molecular formula is C35H43BrCl2N4O8S. The third-order valence-electron chi connectivity index (χ3n) is 7.80. The van der Waals surface area contributed by atoms with Gasteiger partial charge < -0.3 is 19.5 Å². The Morgan fingerprint density at radius 3 is 2.02 bits per heavy atom. The number of benzene rings is 3. The lowest BCUT2D eigenvalue weighted by molar-refractivity contribution is -0.162. The normalized spacial score (nSPS) is 12.8. The Kier molecular flexibility index (Phi) is 16.2. The molecule has 12 nitrogen and oxygen atoms in total. The number of nitrogens with zero attached hydrogens (tertiary/aromatic N) is 3. The Hall–Kier alpha value is -3.24. The predicted molar refractivity (Wildman–Crippen MR) is 200 cm³/mol. The molecule has 51 heavy (non-hydrogen) atoms. The molecule has 0 aliphatic carbocycles. The number of hydrogen-bond donors (Lipinski definition) is 2. The van der Waals surface area contributed by atoms with E-state index >= 15 is 0 Å². The van der Waals surface area contributed by atoms with E-state index in [0.29, 0.717) is 23.2 Å². The second kappa shape index (κ2) is 19.6. The Morgan fingerprint density at radius 1 is 0.882 bits per heavy atom. The first-order valence-electron chi connectivity index (χ1n) is 16.2. The number of carboxylic acid groups (broad SMARTS) is 1. The Balaban J connectivity index is 2.14. The summed E-state index contributed by atoms with van der Waals surface area (Å²) in [4.78, 5) is 45.4. The van der Waals surface area contributed by atoms with Crippen molar-refractivity contribution in [3.63, 3.8) is 0 Å². The number of anilines is 1. The lowest BCUT2D eigenvalue weighted by Gasteiger charge is -2.39. The summed E-state index contributed by atoms with van der Waals surface area (Å²) in [5, 5.41) is 10.5. The van der Waals surface area contributed by atoms with Gasteiger partial charge in [0, 0.05) is 47.5 Å². The number of hydrogen-bond acceptors (Lipinski definition) is 7. The van der Waals surface area contributed by atoms with E-state index in [2.05, 4.69) is 20.7 Å². The van der Waals surface area contributed by atoms with Crippen molar-refractivity contribution < 1.29 is 37.4 Å². The van der Waals surface area contributed by atoms with E-state index in [0.717, 1.165) is 4.90 Å². The molecule has 0 radical (unpaired) electrons. The average Bonchev–Trinajstić information content (AvgIpc) is 3.07. The zero-order valence-electron chi connectivity index (χ0n) is 29.0. The number of nitrogens with one attached hydrogen (secondary N) is 1. The van der Waals surface area contributed by atoms with Crippen LogP contribution in [0.2, 0.25) is 10.0 Å². The smallest absolute Gasteiger partial charge is 0.408 e. The molecule has 0 aliphatic rings. The number of carbonyl (C=O) groups excluding carboxylic acids is 2. The summed E-state index contributed by atoms with van der Waals surface area (Å²) in [6, 6.07) is 15.7. The number of halogens is 3. The maximum atomic E-state index is 14.9. The first-order chi connectivity index (χ1) is 24.1. The van der Waals surface area contributed by atoms with Crippen LogP contribution in [0.5, 0.6) is 0 Å². The van der Waals surface area contributed by atoms with Crippen molar-refractivity contribution in [3.05, 3.63) is 92.9 Å². The molecular weight excluding hydrogens is 787 g/mol. The summed E-state index contributed by atoms with van der Waals surface area (Å²) in [7, 11) is -4.39. The second-order valence-electron chi connectivity index (χ2n) is 11.6. The van der Waals surface area contributed by atoms with Crippen molar-refractivity contribution >= 4 is 72.8 Å². The van der Waals surface area contributed by atoms with Gasteiger partial charge in [-0.2, -0.15) is 0 Å². The lowest BCUT2D eigenvalue weighted by atomic mass is 10.1. The van der Waals surface area contributed by atoms with Crippen molar-refractivity contribution in [2.45, 2.75) is 70.5 Å². The van der Waals surface area contributed by atoms with Crippen LogP contribution in [0.15, 0.2) is 82.2 Å². The van der Waals surface area contributed by atoms with Crippen LogP contribution >= 0.6 is 39.1 Å². The maximum absolute atomic E-state index is 14.9. The van der Waals surface area contributed by atoms with Crippen LogP contribution in [0, 0.1) is 0 Å². The molecule has 0 heterocycles. The van der Waals surface area contributed by atoms with Gasteiger partial charge in [0.15, 0.2) is 6.29 Å². The monoisotopic (exact) mass is 828 g/mol. The number of amides is 3. The number of sulfonamides is 1. The molecule has 3 amide bonds. The van der Waals surface area contributed by atoms with Crippen molar-refractivity contribution in [1.82, 2.24) is 14.5 Å². The maximum Gasteiger partial charge on any atom is 0.408 e. The predicted octanol–water partition coefficient (Wildman–Crippen LogP) is 6.64. The molecule has 3 rings (SSSR count). The highest BCUT2D eigenvalue weighted by molar-refractivity contribution is 9.10. The third-order valence-corrected chi connectivity index (χ3v) is 10.5. The molecule has 0 aromatic heterocycles. The summed E-state index contributed by atoms with van der Waals surface area (Å²) in [5.74, 6) is -1.32. The fourth-order valence-electron chi connectivity index (χ4n) is 5.28. The number of ether oxygens (including phenoxy) is 2. The molecule has 3 aromatic rings. The zero-order valence-corrected chi connectivity index (χ0v) is 32.9. The first-order valence-corrected chi connectivity index (χ1v) is 19.2. The summed E-state index contributed by atoms with van der Waals surface area (Å²) >= 11 is 15.6. The standard InChI is InChI=1S/C35H43BrCl2N4O8S/c1-6-49-32(50-7-2)22-40(23(3)4)33(43)24(5)42(28-16-13-26(36)14-17-28)34(44)30(41(35(45)46)21-25-11-9-8-10-12-25)20-39-51(47,48)31-18-15-27(37)19-29(31)38/h8-19,23-24,30,32,39H,6-7,20-22H2,1-5H3,(H,45,46). The minimum absolute atomic E-state index is 0.0607. The van der Waals surface area contributed by atoms with Crippen LogP contribution in [0.4, 0.5) is 10.5 Å². The van der Waals surface area contributed by atoms with E-state index in [9.17, 15) is 27.9 Å². The fourth-order valence-corrected chi connectivity index (χ4v) is 7.35. The molecule has 0 saturated heterocycles. The third kappa shape index (κ3) is 11.6. The SMILES string of the molecule is CCOC(CN(C(=O)C(C)N(C(=O)C(CNS(=O)(=O)c1ccc(Cl)cc1Cl)N(Cc1ccccc1)C(=O)O)c1ccc(Br)cc1)C(C)C)OCC. The molecule has 16 heteroatoms. The van der Waals surface area contributed by atoms with Gasteiger partial charge in [-0.25, -0.2) is 17.9 Å². The molecule has 278 valence electrons. The van der Waals surface area contributed by atoms with Gasteiger partial charge in [-0.15, -0.1) is 0 Å². The van der Waals surface area contributed by atoms with Crippen LogP contribution < -0.4 is 9.62 Å². The molecule has 0 fully saturated rings. The van der Waals surface area contributed by atoms with Gasteiger partial charge in [0.05, 0.1) is 11.6 Å². The van der Waals surface area contributed by atoms with Gasteiger partial charge in [0.1, 0.15) is 17.0 Å². The van der Waals surface area contributed by atoms with Crippen molar-refractivity contribution in [1.29, 1.82) is 0 Å². The quantitative estimate of drug-likeness (QED) is 0.136. The van der Waals surface area contributed by atoms with Crippen LogP contribution in [0.25, 0.3) is 0 Å². The van der Waals surface area contributed by atoms with Crippen LogP contribution in [0.3, 0.4) is 0 Å². The van der Waals surface area contributed by atoms with Gasteiger partial charge in [0.2, 0.25) is 15.9 Å². The van der Waals surface area contributed by atoms with Crippen molar-refractivity contribution in [2.24, 2.45) is 0 Å². The number of carbonyl (C=O) groups is 3. The molecule has 0 aliphatic heterocycles. The van der Waals surface area contributed by atoms with Crippen LogP contribution in [-0.4, -0.2) is 92.0 Å². The minimum Gasteiger partial charge on any atom is -0.465 e. The Bertz CT molecular complexity index is 1730. The highest BCUT2D eigenvalue weighted by atomic mass is 79.9. The van der Waals surface area contributed by atoms with Crippen molar-refractivity contribution in [2.75, 3.05) is 31.2 Å². The van der Waals surface area contributed by atoms with Gasteiger partial charge >= 0.3 is 6.09 Å². The van der Waals surface area contributed by atoms with Crippen molar-refractivity contribution in [3.8, 4) is 0 Å². The molecule has 0 saturated carbocycles. The highest BCUT2D eigenvalue weighted by Gasteiger charge is 2.40. The summed E-state index contributed by atoms with van der Waals surface area (Å²) in [6.45, 7) is 8.56. The Labute approximate surface area is 317 Å². The van der Waals surface area contributed by atoms with Gasteiger partial charge in [-0.1, -0.05) is 69.5 Å². The molecule has 2 unspecified atom stereocenters. The topological polar surface area (TPSA) is 146 Å². The Morgan fingerprint density at radius 2 is 1.49 bits per heavy atom. The lowest BCUT2D eigenvalue weighted by Crippen LogP contribution is -2.60. The van der Waals surface area contributed by atoms with E-state index in [-0.39, 0.29) is 39.8 Å². The first kappa shape index (κ1) is 42.2. The summed E-state index contributed by atoms with van der Waals surface area (Å²) in [6.07, 6.45) is -2.22. The molecule has 2 atom stereocenters. The van der Waals surface area contributed by atoms with E-state index in [1.807, 2.05) is 27.7 Å². The van der Waals surface area contributed by atoms with Crippen LogP contribution in [0.1, 0.15) is 40.2 Å². The van der Waals surface area contributed by atoms with E-state index in [1.54, 1.807) is 54.6 Å². The molecule has 3 aromatic carbocycles. The molecule has 0 bridgehead atoms. The number of rotatable bonds is 18. The van der Waals surface area contributed by atoms with E-state index in [4.69, 9.17) is 32.7 Å². The summed E-state index contributed by atoms with van der Waals surface area (Å²) in [5.41, 5.74) is 0.821. The largest absolute Gasteiger partial charge is 0.465 e. The summed E-state index contributed by atoms with van der Waals surface area (Å²) < 4.78 is 41.5. The molecule has 0 spiro atoms. The van der Waals surface area contributed by atoms with E-state index < -0.39 is 52.8 Å². The fraction of sp³-hybridized carbons (Fsp3) is 0.400. The zero-order chi connectivity index (χ0) is 37.9. The van der Waals surface area contributed by atoms with Gasteiger partial charge in [-0.05, 0) is 82.6 Å². The second-order valence-corrected chi connectivity index (χ2v) is 15.1.